The van der Waals surface area contributed by atoms with Crippen molar-refractivity contribution in [1.29, 1.82) is 0 Å². The lowest BCUT2D eigenvalue weighted by Crippen LogP contribution is -2.60. The number of carboxylic acids is 1. The highest BCUT2D eigenvalue weighted by Gasteiger charge is 2.69. The van der Waals surface area contributed by atoms with Gasteiger partial charge in [0.1, 0.15) is 5.78 Å². The molecular formula is C30H42O7. The van der Waals surface area contributed by atoms with Gasteiger partial charge in [-0.25, -0.2) is 0 Å². The number of Topliss-reactive ketones (excluding diaryl/α,β-unsaturated/α-hetero) is 2. The number of rotatable bonds is 5. The number of aliphatic carboxylic acids is 1. The molecule has 2 fully saturated rings. The molecule has 4 aliphatic carbocycles. The summed E-state index contributed by atoms with van der Waals surface area (Å²) in [6.45, 7) is 13.1. The Hall–Kier alpha value is -2.12. The molecule has 0 heterocycles. The monoisotopic (exact) mass is 514 g/mol. The number of hydrogen-bond acceptors (Lipinski definition) is 6. The Bertz CT molecular complexity index is 1130. The highest BCUT2D eigenvalue weighted by molar-refractivity contribution is 6.05. The zero-order valence-electron chi connectivity index (χ0n) is 23.2. The number of carbonyl (C=O) groups excluding carboxylic acids is 3. The van der Waals surface area contributed by atoms with Crippen molar-refractivity contribution < 1.29 is 34.5 Å². The first kappa shape index (κ1) is 27.9. The van der Waals surface area contributed by atoms with Gasteiger partial charge in [-0.15, -0.1) is 0 Å². The number of allylic oxidation sites excluding steroid dienone is 3. The second kappa shape index (κ2) is 8.70. The van der Waals surface area contributed by atoms with E-state index in [0.29, 0.717) is 36.0 Å². The van der Waals surface area contributed by atoms with Gasteiger partial charge < -0.3 is 15.3 Å². The molecule has 0 spiro atoms. The van der Waals surface area contributed by atoms with Gasteiger partial charge in [-0.05, 0) is 72.8 Å². The molecule has 3 N–H and O–H groups in total. The van der Waals surface area contributed by atoms with E-state index in [1.165, 1.54) is 13.0 Å². The van der Waals surface area contributed by atoms with Gasteiger partial charge in [0.05, 0.1) is 23.5 Å². The molecule has 8 atom stereocenters. The Balaban J connectivity index is 1.80. The van der Waals surface area contributed by atoms with Gasteiger partial charge >= 0.3 is 5.97 Å². The Morgan fingerprint density at radius 2 is 1.73 bits per heavy atom. The van der Waals surface area contributed by atoms with Gasteiger partial charge in [0.15, 0.2) is 11.6 Å². The van der Waals surface area contributed by atoms with Crippen LogP contribution in [-0.4, -0.2) is 50.8 Å². The van der Waals surface area contributed by atoms with Crippen molar-refractivity contribution in [3.8, 4) is 0 Å². The van der Waals surface area contributed by atoms with Crippen LogP contribution in [0.15, 0.2) is 22.8 Å². The van der Waals surface area contributed by atoms with E-state index < -0.39 is 45.8 Å². The predicted molar refractivity (Wildman–Crippen MR) is 137 cm³/mol. The number of hydrogen-bond donors (Lipinski definition) is 3. The van der Waals surface area contributed by atoms with Gasteiger partial charge in [-0.1, -0.05) is 40.2 Å². The summed E-state index contributed by atoms with van der Waals surface area (Å²) in [7, 11) is 0. The quantitative estimate of drug-likeness (QED) is 0.472. The highest BCUT2D eigenvalue weighted by atomic mass is 16.4. The normalized spacial score (nSPS) is 42.1. The third kappa shape index (κ3) is 3.75. The summed E-state index contributed by atoms with van der Waals surface area (Å²) in [6.07, 6.45) is 1.71. The van der Waals surface area contributed by atoms with Crippen LogP contribution < -0.4 is 0 Å². The number of carbonyl (C=O) groups is 4. The van der Waals surface area contributed by atoms with Gasteiger partial charge in [0.2, 0.25) is 0 Å². The summed E-state index contributed by atoms with van der Waals surface area (Å²) < 4.78 is 0. The molecule has 0 saturated heterocycles. The maximum Gasteiger partial charge on any atom is 0.306 e. The minimum atomic E-state index is -1.05. The molecule has 0 aromatic rings. The van der Waals surface area contributed by atoms with Crippen LogP contribution in [0.2, 0.25) is 0 Å². The molecule has 0 bridgehead atoms. The molecule has 4 rings (SSSR count). The van der Waals surface area contributed by atoms with Crippen LogP contribution in [-0.2, 0) is 19.2 Å². The largest absolute Gasteiger partial charge is 0.481 e. The fourth-order valence-corrected chi connectivity index (χ4v) is 8.69. The van der Waals surface area contributed by atoms with E-state index in [9.17, 15) is 29.4 Å². The van der Waals surface area contributed by atoms with Crippen LogP contribution in [0.4, 0.5) is 0 Å². The second-order valence-electron chi connectivity index (χ2n) is 13.5. The van der Waals surface area contributed by atoms with Crippen LogP contribution in [0.1, 0.15) is 87.0 Å². The van der Waals surface area contributed by atoms with E-state index in [0.717, 1.165) is 0 Å². The van der Waals surface area contributed by atoms with Crippen LogP contribution in [0.3, 0.4) is 0 Å². The van der Waals surface area contributed by atoms with Crippen LogP contribution in [0.5, 0.6) is 0 Å². The SMILES string of the molecule is C/C(=C\C(=O)CC(C)C(=O)O)[C@@H]1CC(=O)[C@]2(C)C3=C(C(=O)C[C@@]12C)[C@]1(C)CC[C@@H](O)C(C)(C)C1C[C@H]3O. The maximum absolute atomic E-state index is 14.0. The standard InChI is InChI=1S/C30H42O7/c1-15(10-17(31)11-16(2)26(36)37)18-12-23(35)30(7)25-19(32)13-21-27(3,4)22(34)8-9-28(21,5)24(25)20(33)14-29(18,30)6/h10,16,18-19,21-22,32,34H,8-9,11-14H2,1-7H3,(H,36,37)/b15-10+/t16?,18-,19+,21?,22+,28+,29-,30+/m0/s1. The summed E-state index contributed by atoms with van der Waals surface area (Å²) in [5.41, 5.74) is -1.06. The van der Waals surface area contributed by atoms with Crippen molar-refractivity contribution in [2.75, 3.05) is 0 Å². The zero-order chi connectivity index (χ0) is 27.9. The first-order valence-corrected chi connectivity index (χ1v) is 13.5. The van der Waals surface area contributed by atoms with Gasteiger partial charge in [0, 0.05) is 24.8 Å². The summed E-state index contributed by atoms with van der Waals surface area (Å²) in [5.74, 6) is -2.71. The smallest absolute Gasteiger partial charge is 0.306 e. The van der Waals surface area contributed by atoms with E-state index in [1.54, 1.807) is 6.92 Å². The van der Waals surface area contributed by atoms with Gasteiger partial charge in [-0.2, -0.15) is 0 Å². The molecule has 0 aromatic carbocycles. The Morgan fingerprint density at radius 1 is 1.11 bits per heavy atom. The Labute approximate surface area is 219 Å². The lowest BCUT2D eigenvalue weighted by molar-refractivity contribution is -0.143. The fourth-order valence-electron chi connectivity index (χ4n) is 8.69. The number of ketones is 3. The summed E-state index contributed by atoms with van der Waals surface area (Å²) >= 11 is 0. The van der Waals surface area contributed by atoms with Crippen LogP contribution in [0.25, 0.3) is 0 Å². The molecule has 0 aromatic heterocycles. The molecular weight excluding hydrogens is 472 g/mol. The third-order valence-electron chi connectivity index (χ3n) is 11.2. The molecule has 37 heavy (non-hydrogen) atoms. The van der Waals surface area contributed by atoms with Gasteiger partial charge in [0.25, 0.3) is 0 Å². The first-order valence-electron chi connectivity index (χ1n) is 13.5. The average molecular weight is 515 g/mol. The average Bonchev–Trinajstić information content (AvgIpc) is 2.99. The molecule has 7 nitrogen and oxygen atoms in total. The van der Waals surface area contributed by atoms with E-state index in [2.05, 4.69) is 6.92 Å². The molecule has 2 unspecified atom stereocenters. The molecule has 0 aliphatic heterocycles. The fraction of sp³-hybridized carbons (Fsp3) is 0.733. The van der Waals surface area contributed by atoms with Crippen molar-refractivity contribution >= 4 is 23.3 Å². The third-order valence-corrected chi connectivity index (χ3v) is 11.2. The maximum atomic E-state index is 14.0. The van der Waals surface area contributed by atoms with Crippen molar-refractivity contribution in [1.82, 2.24) is 0 Å². The first-order chi connectivity index (χ1) is 16.9. The molecule has 0 amide bonds. The minimum absolute atomic E-state index is 0.0321. The number of carboxylic acid groups (broad SMARTS) is 1. The van der Waals surface area contributed by atoms with Crippen LogP contribution >= 0.6 is 0 Å². The molecule has 2 saturated carbocycles. The molecule has 7 heteroatoms. The summed E-state index contributed by atoms with van der Waals surface area (Å²) in [6, 6.07) is 0. The molecule has 0 radical (unpaired) electrons. The van der Waals surface area contributed by atoms with E-state index in [-0.39, 0.29) is 48.4 Å². The Kier molecular flexibility index (Phi) is 6.56. The van der Waals surface area contributed by atoms with E-state index in [1.807, 2.05) is 27.7 Å². The summed E-state index contributed by atoms with van der Waals surface area (Å²) in [5, 5.41) is 31.5. The lowest BCUT2D eigenvalue weighted by Gasteiger charge is -2.61. The summed E-state index contributed by atoms with van der Waals surface area (Å²) in [4.78, 5) is 51.7. The van der Waals surface area contributed by atoms with Crippen molar-refractivity contribution in [2.24, 2.45) is 39.4 Å². The molecule has 204 valence electrons. The number of aliphatic hydroxyl groups excluding tert-OH is 2. The highest BCUT2D eigenvalue weighted by Crippen LogP contribution is 2.70. The van der Waals surface area contributed by atoms with Crippen molar-refractivity contribution in [3.05, 3.63) is 22.8 Å². The van der Waals surface area contributed by atoms with E-state index in [4.69, 9.17) is 5.11 Å². The topological polar surface area (TPSA) is 129 Å². The molecule has 4 aliphatic rings. The Morgan fingerprint density at radius 3 is 2.32 bits per heavy atom. The zero-order valence-corrected chi connectivity index (χ0v) is 23.2. The van der Waals surface area contributed by atoms with Gasteiger partial charge in [-0.3, -0.25) is 19.2 Å². The second-order valence-corrected chi connectivity index (χ2v) is 13.5. The predicted octanol–water partition coefficient (Wildman–Crippen LogP) is 4.05. The number of aliphatic hydroxyl groups is 2. The van der Waals surface area contributed by atoms with E-state index >= 15 is 0 Å². The minimum Gasteiger partial charge on any atom is -0.481 e. The number of fused-ring (bicyclic) bond motifs is 4. The van der Waals surface area contributed by atoms with Crippen molar-refractivity contribution in [2.45, 2.75) is 99.2 Å². The van der Waals surface area contributed by atoms with Crippen molar-refractivity contribution in [3.63, 3.8) is 0 Å². The lowest BCUT2D eigenvalue weighted by atomic mass is 9.42. The van der Waals surface area contributed by atoms with Crippen LogP contribution in [0, 0.1) is 39.4 Å².